The van der Waals surface area contributed by atoms with Crippen LogP contribution >= 0.6 is 0 Å². The molecule has 7 heteroatoms. The Morgan fingerprint density at radius 2 is 2.55 bits per heavy atom. The second kappa shape index (κ2) is 5.46. The zero-order chi connectivity index (χ0) is 13.9. The minimum absolute atomic E-state index is 0.0197. The van der Waals surface area contributed by atoms with Crippen molar-refractivity contribution in [1.82, 2.24) is 30.2 Å². The molecule has 3 rings (SSSR count). The van der Waals surface area contributed by atoms with Gasteiger partial charge >= 0.3 is 0 Å². The molecule has 1 aliphatic rings. The van der Waals surface area contributed by atoms with Gasteiger partial charge in [0.1, 0.15) is 0 Å². The first-order valence-corrected chi connectivity index (χ1v) is 6.73. The van der Waals surface area contributed by atoms with Crippen LogP contribution in [0.3, 0.4) is 0 Å². The minimum Gasteiger partial charge on any atom is -0.350 e. The van der Waals surface area contributed by atoms with E-state index in [9.17, 15) is 4.79 Å². The van der Waals surface area contributed by atoms with Gasteiger partial charge in [-0.2, -0.15) is 0 Å². The highest BCUT2D eigenvalue weighted by molar-refractivity contribution is 5.82. The first-order valence-electron chi connectivity index (χ1n) is 6.73. The zero-order valence-corrected chi connectivity index (χ0v) is 11.3. The maximum Gasteiger partial charge on any atom is 0.237 e. The van der Waals surface area contributed by atoms with E-state index in [1.807, 2.05) is 17.7 Å². The van der Waals surface area contributed by atoms with Gasteiger partial charge in [-0.3, -0.25) is 10.1 Å². The van der Waals surface area contributed by atoms with E-state index < -0.39 is 0 Å². The molecule has 20 heavy (non-hydrogen) atoms. The second-order valence-electron chi connectivity index (χ2n) is 5.13. The van der Waals surface area contributed by atoms with Crippen LogP contribution in [0.15, 0.2) is 25.0 Å². The molecule has 0 aromatic carbocycles. The zero-order valence-electron chi connectivity index (χ0n) is 11.3. The van der Waals surface area contributed by atoms with Gasteiger partial charge in [0.25, 0.3) is 0 Å². The average Bonchev–Trinajstić information content (AvgIpc) is 3.07. The maximum absolute atomic E-state index is 12.2. The highest BCUT2D eigenvalue weighted by atomic mass is 16.2. The van der Waals surface area contributed by atoms with Gasteiger partial charge in [0.2, 0.25) is 5.91 Å². The molecule has 3 heterocycles. The average molecular weight is 274 g/mol. The first kappa shape index (κ1) is 12.9. The van der Waals surface area contributed by atoms with Gasteiger partial charge in [0, 0.05) is 37.9 Å². The third-order valence-corrected chi connectivity index (χ3v) is 3.48. The van der Waals surface area contributed by atoms with Crippen LogP contribution in [0.2, 0.25) is 0 Å². The van der Waals surface area contributed by atoms with Gasteiger partial charge in [0.15, 0.2) is 0 Å². The van der Waals surface area contributed by atoms with E-state index in [2.05, 4.69) is 25.6 Å². The number of fused-ring (bicyclic) bond motifs is 1. The summed E-state index contributed by atoms with van der Waals surface area (Å²) in [6.45, 7) is 3.36. The molecule has 0 bridgehead atoms. The molecule has 7 nitrogen and oxygen atoms in total. The van der Waals surface area contributed by atoms with Crippen molar-refractivity contribution in [3.8, 4) is 0 Å². The summed E-state index contributed by atoms with van der Waals surface area (Å²) in [6.07, 6.45) is 7.67. The molecule has 2 aromatic rings. The molecule has 1 amide bonds. The Balaban J connectivity index is 1.54. The number of aromatic amines is 1. The smallest absolute Gasteiger partial charge is 0.237 e. The molecule has 1 aliphatic heterocycles. The summed E-state index contributed by atoms with van der Waals surface area (Å²) < 4.78 is 1.95. The van der Waals surface area contributed by atoms with Crippen molar-refractivity contribution in [3.05, 3.63) is 36.4 Å². The van der Waals surface area contributed by atoms with Crippen molar-refractivity contribution in [1.29, 1.82) is 0 Å². The number of rotatable bonds is 4. The lowest BCUT2D eigenvalue weighted by molar-refractivity contribution is -0.124. The van der Waals surface area contributed by atoms with Crippen molar-refractivity contribution in [3.63, 3.8) is 0 Å². The van der Waals surface area contributed by atoms with Crippen LogP contribution in [-0.2, 0) is 24.3 Å². The van der Waals surface area contributed by atoms with E-state index in [1.54, 1.807) is 18.9 Å². The number of imidazole rings is 2. The van der Waals surface area contributed by atoms with Gasteiger partial charge in [-0.15, -0.1) is 0 Å². The Kier molecular flexibility index (Phi) is 3.51. The Labute approximate surface area is 116 Å². The SMILES string of the molecule is CC(Cn1ccnc1)NC(=O)C1Cc2nc[nH]c2CN1. The first-order chi connectivity index (χ1) is 9.72. The molecular weight excluding hydrogens is 256 g/mol. The van der Waals surface area contributed by atoms with E-state index in [0.29, 0.717) is 19.5 Å². The maximum atomic E-state index is 12.2. The standard InChI is InChI=1S/C13H18N6O/c1-9(6-19-3-2-14-8-19)18-13(20)11-4-10-12(5-15-11)17-7-16-10/h2-3,7-9,11,15H,4-6H2,1H3,(H,16,17)(H,18,20). The molecular formula is C13H18N6O. The number of nitrogens with one attached hydrogen (secondary N) is 3. The molecule has 3 N–H and O–H groups in total. The second-order valence-corrected chi connectivity index (χ2v) is 5.13. The van der Waals surface area contributed by atoms with Crippen LogP contribution < -0.4 is 10.6 Å². The van der Waals surface area contributed by atoms with Crippen molar-refractivity contribution in [2.45, 2.75) is 38.5 Å². The number of H-pyrrole nitrogens is 1. The van der Waals surface area contributed by atoms with Crippen LogP contribution in [0, 0.1) is 0 Å². The van der Waals surface area contributed by atoms with E-state index >= 15 is 0 Å². The third kappa shape index (κ3) is 2.72. The van der Waals surface area contributed by atoms with Crippen LogP contribution in [0.1, 0.15) is 18.3 Å². The number of hydrogen-bond acceptors (Lipinski definition) is 4. The summed E-state index contributed by atoms with van der Waals surface area (Å²) in [5.74, 6) is 0.0197. The van der Waals surface area contributed by atoms with Crippen molar-refractivity contribution < 1.29 is 4.79 Å². The number of nitrogens with zero attached hydrogens (tertiary/aromatic N) is 3. The largest absolute Gasteiger partial charge is 0.350 e. The molecule has 106 valence electrons. The van der Waals surface area contributed by atoms with Gasteiger partial charge < -0.3 is 14.9 Å². The predicted molar refractivity (Wildman–Crippen MR) is 72.8 cm³/mol. The lowest BCUT2D eigenvalue weighted by Gasteiger charge is -2.24. The summed E-state index contributed by atoms with van der Waals surface area (Å²) >= 11 is 0. The topological polar surface area (TPSA) is 87.6 Å². The molecule has 0 fully saturated rings. The Hall–Kier alpha value is -2.15. The molecule has 0 spiro atoms. The summed E-state index contributed by atoms with van der Waals surface area (Å²) in [4.78, 5) is 23.5. The molecule has 2 atom stereocenters. The van der Waals surface area contributed by atoms with E-state index in [1.165, 1.54) is 0 Å². The number of carbonyl (C=O) groups is 1. The van der Waals surface area contributed by atoms with Gasteiger partial charge in [-0.05, 0) is 6.92 Å². The summed E-state index contributed by atoms with van der Waals surface area (Å²) in [5.41, 5.74) is 2.05. The summed E-state index contributed by atoms with van der Waals surface area (Å²) in [6, 6.07) is -0.157. The Bertz CT molecular complexity index is 575. The van der Waals surface area contributed by atoms with Crippen LogP contribution in [0.25, 0.3) is 0 Å². The minimum atomic E-state index is -0.212. The van der Waals surface area contributed by atoms with Gasteiger partial charge in [-0.1, -0.05) is 0 Å². The fourth-order valence-electron chi connectivity index (χ4n) is 2.45. The van der Waals surface area contributed by atoms with Crippen LogP contribution in [0.5, 0.6) is 0 Å². The summed E-state index contributed by atoms with van der Waals surface area (Å²) in [5, 5.41) is 6.25. The fourth-order valence-corrected chi connectivity index (χ4v) is 2.45. The Morgan fingerprint density at radius 1 is 1.65 bits per heavy atom. The molecule has 2 aromatic heterocycles. The molecule has 0 saturated heterocycles. The molecule has 0 radical (unpaired) electrons. The highest BCUT2D eigenvalue weighted by Gasteiger charge is 2.26. The highest BCUT2D eigenvalue weighted by Crippen LogP contribution is 2.12. The van der Waals surface area contributed by atoms with E-state index in [-0.39, 0.29) is 18.0 Å². The number of carbonyl (C=O) groups excluding carboxylic acids is 1. The van der Waals surface area contributed by atoms with Crippen molar-refractivity contribution in [2.24, 2.45) is 0 Å². The molecule has 0 saturated carbocycles. The lowest BCUT2D eigenvalue weighted by atomic mass is 10.0. The predicted octanol–water partition coefficient (Wildman–Crippen LogP) is -0.175. The molecule has 0 aliphatic carbocycles. The number of aromatic nitrogens is 4. The fraction of sp³-hybridized carbons (Fsp3) is 0.462. The van der Waals surface area contributed by atoms with Gasteiger partial charge in [0.05, 0.1) is 30.1 Å². The monoisotopic (exact) mass is 274 g/mol. The van der Waals surface area contributed by atoms with E-state index in [0.717, 1.165) is 11.4 Å². The summed E-state index contributed by atoms with van der Waals surface area (Å²) in [7, 11) is 0. The number of hydrogen-bond donors (Lipinski definition) is 3. The van der Waals surface area contributed by atoms with Crippen LogP contribution in [-0.4, -0.2) is 37.5 Å². The molecule has 2 unspecified atom stereocenters. The lowest BCUT2D eigenvalue weighted by Crippen LogP contribution is -2.50. The van der Waals surface area contributed by atoms with Crippen molar-refractivity contribution >= 4 is 5.91 Å². The van der Waals surface area contributed by atoms with Crippen LogP contribution in [0.4, 0.5) is 0 Å². The number of amides is 1. The quantitative estimate of drug-likeness (QED) is 0.722. The van der Waals surface area contributed by atoms with E-state index in [4.69, 9.17) is 0 Å². The van der Waals surface area contributed by atoms with Crippen molar-refractivity contribution in [2.75, 3.05) is 0 Å². The normalized spacial score (nSPS) is 19.4. The third-order valence-electron chi connectivity index (χ3n) is 3.48. The Morgan fingerprint density at radius 3 is 3.35 bits per heavy atom. The van der Waals surface area contributed by atoms with Gasteiger partial charge in [-0.25, -0.2) is 9.97 Å².